The van der Waals surface area contributed by atoms with Gasteiger partial charge in [-0.25, -0.2) is 0 Å². The molecule has 0 saturated carbocycles. The van der Waals surface area contributed by atoms with Crippen LogP contribution in [0.15, 0.2) is 28.7 Å². The van der Waals surface area contributed by atoms with Crippen LogP contribution in [0.5, 0.6) is 0 Å². The fourth-order valence-corrected chi connectivity index (χ4v) is 3.87. The van der Waals surface area contributed by atoms with Crippen LogP contribution in [-0.2, 0) is 8.85 Å². The molecule has 4 heteroatoms. The van der Waals surface area contributed by atoms with E-state index in [9.17, 15) is 0 Å². The fourth-order valence-electron chi connectivity index (χ4n) is 1.61. The first-order valence-electron chi connectivity index (χ1n) is 6.56. The monoisotopic (exact) mass is 329 g/mol. The predicted molar refractivity (Wildman–Crippen MR) is 80.8 cm³/mol. The Kier molecular flexibility index (Phi) is 7.82. The zero-order chi connectivity index (χ0) is 13.4. The van der Waals surface area contributed by atoms with E-state index >= 15 is 0 Å². The van der Waals surface area contributed by atoms with Gasteiger partial charge < -0.3 is 8.85 Å². The quantitative estimate of drug-likeness (QED) is 0.656. The molecule has 0 N–H and O–H groups in total. The van der Waals surface area contributed by atoms with E-state index in [0.717, 1.165) is 30.5 Å². The topological polar surface area (TPSA) is 18.5 Å². The SMILES string of the molecule is CCCO[Si](OCCC)C(C)c1cccc(Br)c1. The van der Waals surface area contributed by atoms with Crippen LogP contribution >= 0.6 is 15.9 Å². The van der Waals surface area contributed by atoms with Crippen molar-refractivity contribution >= 4 is 25.2 Å². The molecule has 1 atom stereocenters. The molecule has 0 aliphatic heterocycles. The standard InChI is InChI=1S/C14H22BrO2Si/c1-4-9-16-18(17-10-5-2)12(3)13-7-6-8-14(15)11-13/h6-8,11-12H,4-5,9-10H2,1-3H3. The summed E-state index contributed by atoms with van der Waals surface area (Å²) < 4.78 is 12.9. The Morgan fingerprint density at radius 3 is 2.28 bits per heavy atom. The molecule has 0 saturated heterocycles. The van der Waals surface area contributed by atoms with Crippen LogP contribution in [0.2, 0.25) is 0 Å². The van der Waals surface area contributed by atoms with Gasteiger partial charge in [0.05, 0.1) is 0 Å². The lowest BCUT2D eigenvalue weighted by Crippen LogP contribution is -2.30. The Bertz CT molecular complexity index is 338. The number of hydrogen-bond donors (Lipinski definition) is 0. The summed E-state index contributed by atoms with van der Waals surface area (Å²) in [5.74, 6) is 0. The fraction of sp³-hybridized carbons (Fsp3) is 0.571. The Morgan fingerprint density at radius 2 is 1.78 bits per heavy atom. The van der Waals surface area contributed by atoms with Crippen molar-refractivity contribution in [2.75, 3.05) is 13.2 Å². The second-order valence-electron chi connectivity index (χ2n) is 4.29. The molecular weight excluding hydrogens is 308 g/mol. The van der Waals surface area contributed by atoms with Crippen molar-refractivity contribution in [1.82, 2.24) is 0 Å². The van der Waals surface area contributed by atoms with Gasteiger partial charge in [-0.1, -0.05) is 48.8 Å². The maximum atomic E-state index is 5.91. The summed E-state index contributed by atoms with van der Waals surface area (Å²) in [6.07, 6.45) is 2.07. The van der Waals surface area contributed by atoms with Crippen molar-refractivity contribution in [3.63, 3.8) is 0 Å². The van der Waals surface area contributed by atoms with Gasteiger partial charge in [-0.2, -0.15) is 0 Å². The summed E-state index contributed by atoms with van der Waals surface area (Å²) in [5.41, 5.74) is 1.62. The smallest absolute Gasteiger partial charge is 0.392 e. The van der Waals surface area contributed by atoms with Crippen LogP contribution in [-0.4, -0.2) is 22.5 Å². The Balaban J connectivity index is 2.70. The normalized spacial score (nSPS) is 12.9. The lowest BCUT2D eigenvalue weighted by Gasteiger charge is -2.21. The Hall–Kier alpha value is -0.163. The number of halogens is 1. The first kappa shape index (κ1) is 15.9. The molecule has 0 aromatic heterocycles. The minimum Gasteiger partial charge on any atom is -0.393 e. The second-order valence-corrected chi connectivity index (χ2v) is 7.29. The van der Waals surface area contributed by atoms with Crippen LogP contribution in [0.1, 0.15) is 44.7 Å². The van der Waals surface area contributed by atoms with Crippen LogP contribution in [0.25, 0.3) is 0 Å². The molecule has 1 aromatic carbocycles. The van der Waals surface area contributed by atoms with Crippen molar-refractivity contribution in [1.29, 1.82) is 0 Å². The van der Waals surface area contributed by atoms with Crippen LogP contribution in [0, 0.1) is 0 Å². The molecular formula is C14H22BrO2Si. The minimum absolute atomic E-state index is 0.339. The highest BCUT2D eigenvalue weighted by molar-refractivity contribution is 9.10. The molecule has 0 heterocycles. The van der Waals surface area contributed by atoms with Gasteiger partial charge >= 0.3 is 9.28 Å². The van der Waals surface area contributed by atoms with E-state index < -0.39 is 9.28 Å². The Morgan fingerprint density at radius 1 is 1.17 bits per heavy atom. The summed E-state index contributed by atoms with van der Waals surface area (Å²) in [5, 5.41) is 0. The van der Waals surface area contributed by atoms with Gasteiger partial charge in [0.15, 0.2) is 0 Å². The molecule has 18 heavy (non-hydrogen) atoms. The van der Waals surface area contributed by atoms with Crippen LogP contribution < -0.4 is 0 Å². The van der Waals surface area contributed by atoms with Gasteiger partial charge in [0.2, 0.25) is 0 Å². The van der Waals surface area contributed by atoms with Crippen molar-refractivity contribution in [2.45, 2.75) is 39.2 Å². The highest BCUT2D eigenvalue weighted by atomic mass is 79.9. The van der Waals surface area contributed by atoms with E-state index in [1.54, 1.807) is 0 Å². The first-order valence-corrected chi connectivity index (χ1v) is 8.75. The summed E-state index contributed by atoms with van der Waals surface area (Å²) >= 11 is 3.51. The highest BCUT2D eigenvalue weighted by Gasteiger charge is 2.25. The molecule has 0 bridgehead atoms. The molecule has 1 unspecified atom stereocenters. The van der Waals surface area contributed by atoms with E-state index in [-0.39, 0.29) is 0 Å². The van der Waals surface area contributed by atoms with Crippen LogP contribution in [0.4, 0.5) is 0 Å². The lowest BCUT2D eigenvalue weighted by atomic mass is 10.2. The zero-order valence-electron chi connectivity index (χ0n) is 11.4. The Labute approximate surface area is 121 Å². The zero-order valence-corrected chi connectivity index (χ0v) is 14.0. The second kappa shape index (κ2) is 8.86. The van der Waals surface area contributed by atoms with Crippen molar-refractivity contribution in [2.24, 2.45) is 0 Å². The molecule has 0 fully saturated rings. The molecule has 101 valence electrons. The van der Waals surface area contributed by atoms with Crippen molar-refractivity contribution in [3.05, 3.63) is 34.3 Å². The average molecular weight is 330 g/mol. The third-order valence-electron chi connectivity index (χ3n) is 2.60. The van der Waals surface area contributed by atoms with Gasteiger partial charge in [-0.05, 0) is 30.5 Å². The maximum Gasteiger partial charge on any atom is 0.392 e. The third kappa shape index (κ3) is 5.22. The van der Waals surface area contributed by atoms with Gasteiger partial charge in [0, 0.05) is 23.2 Å². The predicted octanol–water partition coefficient (Wildman–Crippen LogP) is 4.43. The maximum absolute atomic E-state index is 5.91. The average Bonchev–Trinajstić information content (AvgIpc) is 2.38. The van der Waals surface area contributed by atoms with E-state index in [1.807, 2.05) is 6.07 Å². The number of hydrogen-bond acceptors (Lipinski definition) is 2. The molecule has 0 amide bonds. The largest absolute Gasteiger partial charge is 0.393 e. The van der Waals surface area contributed by atoms with Gasteiger partial charge in [0.1, 0.15) is 0 Å². The number of rotatable bonds is 8. The molecule has 1 radical (unpaired) electrons. The van der Waals surface area contributed by atoms with E-state index in [0.29, 0.717) is 5.54 Å². The summed E-state index contributed by atoms with van der Waals surface area (Å²) in [6.45, 7) is 8.03. The molecule has 0 aliphatic carbocycles. The summed E-state index contributed by atoms with van der Waals surface area (Å²) in [4.78, 5) is 0. The van der Waals surface area contributed by atoms with Crippen LogP contribution in [0.3, 0.4) is 0 Å². The first-order chi connectivity index (χ1) is 8.69. The molecule has 1 aromatic rings. The summed E-state index contributed by atoms with van der Waals surface area (Å²) in [6, 6.07) is 8.40. The lowest BCUT2D eigenvalue weighted by molar-refractivity contribution is 0.190. The molecule has 2 nitrogen and oxygen atoms in total. The van der Waals surface area contributed by atoms with Crippen molar-refractivity contribution in [3.8, 4) is 0 Å². The van der Waals surface area contributed by atoms with Gasteiger partial charge in [-0.3, -0.25) is 0 Å². The van der Waals surface area contributed by atoms with Crippen molar-refractivity contribution < 1.29 is 8.85 Å². The highest BCUT2D eigenvalue weighted by Crippen LogP contribution is 2.23. The van der Waals surface area contributed by atoms with Gasteiger partial charge in [0.25, 0.3) is 0 Å². The summed E-state index contributed by atoms with van der Waals surface area (Å²) in [7, 11) is -1.24. The molecule has 1 rings (SSSR count). The molecule has 0 aliphatic rings. The van der Waals surface area contributed by atoms with E-state index in [4.69, 9.17) is 8.85 Å². The van der Waals surface area contributed by atoms with E-state index in [1.165, 1.54) is 5.56 Å². The molecule has 0 spiro atoms. The van der Waals surface area contributed by atoms with Gasteiger partial charge in [-0.15, -0.1) is 0 Å². The minimum atomic E-state index is -1.24. The number of benzene rings is 1. The van der Waals surface area contributed by atoms with E-state index in [2.05, 4.69) is 54.9 Å². The third-order valence-corrected chi connectivity index (χ3v) is 5.11.